The molecule has 4 heteroatoms. The van der Waals surface area contributed by atoms with Crippen molar-refractivity contribution in [2.24, 2.45) is 0 Å². The summed E-state index contributed by atoms with van der Waals surface area (Å²) in [6.45, 7) is 4.25. The SMILES string of the molecule is CC(C)c1ccccc1NC(=O)c1cc(-c2ccc(Br)cc2)nc2ccccc12. The molecule has 1 amide bonds. The minimum absolute atomic E-state index is 0.130. The van der Waals surface area contributed by atoms with E-state index in [1.165, 1.54) is 0 Å². The number of fused-ring (bicyclic) bond motifs is 1. The monoisotopic (exact) mass is 444 g/mol. The maximum absolute atomic E-state index is 13.3. The van der Waals surface area contributed by atoms with Crippen LogP contribution in [0.5, 0.6) is 0 Å². The third-order valence-electron chi connectivity index (χ3n) is 4.93. The molecule has 0 atom stereocenters. The highest BCUT2D eigenvalue weighted by Crippen LogP contribution is 2.28. The zero-order chi connectivity index (χ0) is 20.4. The Bertz CT molecular complexity index is 1180. The van der Waals surface area contributed by atoms with Crippen molar-refractivity contribution in [1.82, 2.24) is 4.98 Å². The van der Waals surface area contributed by atoms with Gasteiger partial charge in [-0.2, -0.15) is 0 Å². The number of rotatable bonds is 4. The molecular formula is C25H21BrN2O. The molecule has 0 saturated heterocycles. The summed E-state index contributed by atoms with van der Waals surface area (Å²) in [4.78, 5) is 18.1. The lowest BCUT2D eigenvalue weighted by Gasteiger charge is -2.15. The number of para-hydroxylation sites is 2. The average molecular weight is 445 g/mol. The molecule has 4 aromatic rings. The fraction of sp³-hybridized carbons (Fsp3) is 0.120. The van der Waals surface area contributed by atoms with Gasteiger partial charge in [-0.1, -0.05) is 78.3 Å². The molecule has 1 heterocycles. The van der Waals surface area contributed by atoms with E-state index in [1.807, 2.05) is 72.8 Å². The Balaban J connectivity index is 1.80. The van der Waals surface area contributed by atoms with Crippen molar-refractivity contribution in [3.8, 4) is 11.3 Å². The highest BCUT2D eigenvalue weighted by Gasteiger charge is 2.16. The van der Waals surface area contributed by atoms with E-state index in [2.05, 4.69) is 41.2 Å². The summed E-state index contributed by atoms with van der Waals surface area (Å²) in [7, 11) is 0. The smallest absolute Gasteiger partial charge is 0.256 e. The second-order valence-corrected chi connectivity index (χ2v) is 8.19. The van der Waals surface area contributed by atoms with Crippen LogP contribution in [-0.2, 0) is 0 Å². The molecule has 29 heavy (non-hydrogen) atoms. The number of aromatic nitrogens is 1. The highest BCUT2D eigenvalue weighted by atomic mass is 79.9. The van der Waals surface area contributed by atoms with Gasteiger partial charge in [0.15, 0.2) is 0 Å². The lowest BCUT2D eigenvalue weighted by atomic mass is 10.00. The van der Waals surface area contributed by atoms with Crippen LogP contribution in [0.25, 0.3) is 22.2 Å². The van der Waals surface area contributed by atoms with Crippen molar-refractivity contribution < 1.29 is 4.79 Å². The third-order valence-corrected chi connectivity index (χ3v) is 5.46. The van der Waals surface area contributed by atoms with E-state index < -0.39 is 0 Å². The number of hydrogen-bond acceptors (Lipinski definition) is 2. The number of benzene rings is 3. The van der Waals surface area contributed by atoms with Crippen LogP contribution in [0.4, 0.5) is 5.69 Å². The topological polar surface area (TPSA) is 42.0 Å². The molecule has 1 aromatic heterocycles. The van der Waals surface area contributed by atoms with E-state index in [-0.39, 0.29) is 5.91 Å². The molecular weight excluding hydrogens is 424 g/mol. The summed E-state index contributed by atoms with van der Waals surface area (Å²) in [5.74, 6) is 0.189. The standard InChI is InChI=1S/C25H21BrN2O/c1-16(2)19-7-3-5-9-22(19)28-25(29)21-15-24(17-11-13-18(26)14-12-17)27-23-10-6-4-8-20(21)23/h3-16H,1-2H3,(H,28,29). The molecule has 0 unspecified atom stereocenters. The molecule has 144 valence electrons. The zero-order valence-electron chi connectivity index (χ0n) is 16.3. The second kappa shape index (κ2) is 8.18. The summed E-state index contributed by atoms with van der Waals surface area (Å²) in [6, 6.07) is 25.5. The Labute approximate surface area is 178 Å². The first-order valence-electron chi connectivity index (χ1n) is 9.59. The number of hydrogen-bond donors (Lipinski definition) is 1. The van der Waals surface area contributed by atoms with Gasteiger partial charge in [0.25, 0.3) is 5.91 Å². The van der Waals surface area contributed by atoms with Crippen LogP contribution in [0.15, 0.2) is 83.3 Å². The average Bonchev–Trinajstić information content (AvgIpc) is 2.73. The number of halogens is 1. The van der Waals surface area contributed by atoms with Crippen LogP contribution in [0.2, 0.25) is 0 Å². The summed E-state index contributed by atoms with van der Waals surface area (Å²) in [5, 5.41) is 3.95. The highest BCUT2D eigenvalue weighted by molar-refractivity contribution is 9.10. The van der Waals surface area contributed by atoms with Gasteiger partial charge in [-0.25, -0.2) is 4.98 Å². The van der Waals surface area contributed by atoms with Crippen molar-refractivity contribution in [3.63, 3.8) is 0 Å². The minimum Gasteiger partial charge on any atom is -0.322 e. The molecule has 3 nitrogen and oxygen atoms in total. The van der Waals surface area contributed by atoms with Crippen LogP contribution in [-0.4, -0.2) is 10.9 Å². The predicted molar refractivity (Wildman–Crippen MR) is 123 cm³/mol. The molecule has 4 rings (SSSR count). The van der Waals surface area contributed by atoms with Crippen molar-refractivity contribution in [2.75, 3.05) is 5.32 Å². The lowest BCUT2D eigenvalue weighted by Crippen LogP contribution is -2.14. The fourth-order valence-corrected chi connectivity index (χ4v) is 3.70. The Kier molecular flexibility index (Phi) is 5.45. The number of nitrogens with one attached hydrogen (secondary N) is 1. The van der Waals surface area contributed by atoms with Crippen LogP contribution in [0, 0.1) is 0 Å². The maximum atomic E-state index is 13.3. The van der Waals surface area contributed by atoms with Gasteiger partial charge in [0, 0.05) is 21.1 Å². The first-order chi connectivity index (χ1) is 14.0. The van der Waals surface area contributed by atoms with Crippen LogP contribution in [0.3, 0.4) is 0 Å². The van der Waals surface area contributed by atoms with Gasteiger partial charge in [0.1, 0.15) is 0 Å². The molecule has 0 bridgehead atoms. The van der Waals surface area contributed by atoms with Gasteiger partial charge < -0.3 is 5.32 Å². The fourth-order valence-electron chi connectivity index (χ4n) is 3.44. The third kappa shape index (κ3) is 4.08. The van der Waals surface area contributed by atoms with E-state index >= 15 is 0 Å². The number of carbonyl (C=O) groups is 1. The summed E-state index contributed by atoms with van der Waals surface area (Å²) < 4.78 is 1.00. The van der Waals surface area contributed by atoms with Crippen LogP contribution < -0.4 is 5.32 Å². The molecule has 0 aliphatic heterocycles. The molecule has 0 saturated carbocycles. The zero-order valence-corrected chi connectivity index (χ0v) is 17.9. The van der Waals surface area contributed by atoms with Gasteiger partial charge in [-0.15, -0.1) is 0 Å². The van der Waals surface area contributed by atoms with Crippen molar-refractivity contribution in [3.05, 3.63) is 94.5 Å². The molecule has 0 fully saturated rings. The second-order valence-electron chi connectivity index (χ2n) is 7.28. The Morgan fingerprint density at radius 2 is 1.62 bits per heavy atom. The summed E-state index contributed by atoms with van der Waals surface area (Å²) in [6.07, 6.45) is 0. The van der Waals surface area contributed by atoms with Crippen LogP contribution in [0.1, 0.15) is 35.7 Å². The summed E-state index contributed by atoms with van der Waals surface area (Å²) in [5.41, 5.74) is 5.13. The lowest BCUT2D eigenvalue weighted by molar-refractivity contribution is 0.102. The number of carbonyl (C=O) groups excluding carboxylic acids is 1. The normalized spacial score (nSPS) is 11.0. The number of anilines is 1. The van der Waals surface area contributed by atoms with Crippen LogP contribution >= 0.6 is 15.9 Å². The molecule has 3 aromatic carbocycles. The number of amides is 1. The molecule has 0 aliphatic rings. The first-order valence-corrected chi connectivity index (χ1v) is 10.4. The van der Waals surface area contributed by atoms with Gasteiger partial charge in [-0.05, 0) is 41.8 Å². The molecule has 1 N–H and O–H groups in total. The van der Waals surface area contributed by atoms with Gasteiger partial charge in [0.2, 0.25) is 0 Å². The van der Waals surface area contributed by atoms with Gasteiger partial charge in [0.05, 0.1) is 16.8 Å². The van der Waals surface area contributed by atoms with Crippen molar-refractivity contribution >= 4 is 38.4 Å². The van der Waals surface area contributed by atoms with Crippen molar-refractivity contribution in [2.45, 2.75) is 19.8 Å². The van der Waals surface area contributed by atoms with E-state index in [4.69, 9.17) is 4.98 Å². The predicted octanol–water partition coefficient (Wildman–Crippen LogP) is 7.04. The first kappa shape index (κ1) is 19.3. The van der Waals surface area contributed by atoms with Gasteiger partial charge >= 0.3 is 0 Å². The van der Waals surface area contributed by atoms with E-state index in [0.717, 1.165) is 37.9 Å². The largest absolute Gasteiger partial charge is 0.322 e. The van der Waals surface area contributed by atoms with E-state index in [0.29, 0.717) is 11.5 Å². The Hall–Kier alpha value is -2.98. The van der Waals surface area contributed by atoms with E-state index in [1.54, 1.807) is 0 Å². The molecule has 0 aliphatic carbocycles. The Morgan fingerprint density at radius 1 is 0.931 bits per heavy atom. The Morgan fingerprint density at radius 3 is 2.38 bits per heavy atom. The van der Waals surface area contributed by atoms with Crippen molar-refractivity contribution in [1.29, 1.82) is 0 Å². The number of nitrogens with zero attached hydrogens (tertiary/aromatic N) is 1. The quantitative estimate of drug-likeness (QED) is 0.366. The summed E-state index contributed by atoms with van der Waals surface area (Å²) >= 11 is 3.47. The van der Waals surface area contributed by atoms with E-state index in [9.17, 15) is 4.79 Å². The molecule has 0 radical (unpaired) electrons. The molecule has 0 spiro atoms. The number of pyridine rings is 1. The minimum atomic E-state index is -0.130. The van der Waals surface area contributed by atoms with Gasteiger partial charge in [-0.3, -0.25) is 4.79 Å². The maximum Gasteiger partial charge on any atom is 0.256 e.